The third kappa shape index (κ3) is 4.00. The average molecular weight is 258 g/mol. The molecule has 1 rings (SSSR count). The molecule has 1 aromatic rings. The maximum Gasteiger partial charge on any atom is 0.0410 e. The van der Waals surface area contributed by atoms with Gasteiger partial charge in [-0.25, -0.2) is 0 Å². The molecule has 16 heavy (non-hydrogen) atoms. The second kappa shape index (κ2) is 6.53. The smallest absolute Gasteiger partial charge is 0.0410 e. The van der Waals surface area contributed by atoms with Crippen LogP contribution >= 0.6 is 23.4 Å². The van der Waals surface area contributed by atoms with E-state index < -0.39 is 0 Å². The Morgan fingerprint density at radius 2 is 2.00 bits per heavy atom. The van der Waals surface area contributed by atoms with Crippen LogP contribution in [-0.2, 0) is 6.54 Å². The van der Waals surface area contributed by atoms with Gasteiger partial charge in [-0.15, -0.1) is 11.8 Å². The van der Waals surface area contributed by atoms with Crippen molar-refractivity contribution in [1.29, 1.82) is 0 Å². The maximum absolute atomic E-state index is 6.01. The summed E-state index contributed by atoms with van der Waals surface area (Å²) in [5.74, 6) is 0.683. The largest absolute Gasteiger partial charge is 0.316 e. The second-order valence-corrected chi connectivity index (χ2v) is 6.20. The van der Waals surface area contributed by atoms with E-state index in [-0.39, 0.29) is 0 Å². The van der Waals surface area contributed by atoms with Crippen molar-refractivity contribution in [1.82, 2.24) is 5.32 Å². The lowest BCUT2D eigenvalue weighted by atomic mass is 10.2. The van der Waals surface area contributed by atoms with Crippen molar-refractivity contribution in [2.75, 3.05) is 7.05 Å². The van der Waals surface area contributed by atoms with Crippen LogP contribution in [-0.4, -0.2) is 12.3 Å². The first kappa shape index (κ1) is 13.9. The van der Waals surface area contributed by atoms with E-state index in [0.29, 0.717) is 11.2 Å². The summed E-state index contributed by atoms with van der Waals surface area (Å²) in [6.07, 6.45) is 0. The molecule has 0 aliphatic carbocycles. The molecular weight excluding hydrogens is 238 g/mol. The summed E-state index contributed by atoms with van der Waals surface area (Å²) in [5, 5.41) is 4.62. The molecule has 1 atom stereocenters. The minimum absolute atomic E-state index is 0.622. The molecule has 0 aliphatic rings. The molecule has 1 N–H and O–H groups in total. The van der Waals surface area contributed by atoms with E-state index in [4.69, 9.17) is 11.6 Å². The van der Waals surface area contributed by atoms with Crippen molar-refractivity contribution in [3.05, 3.63) is 28.8 Å². The van der Waals surface area contributed by atoms with Crippen LogP contribution in [0.3, 0.4) is 0 Å². The Kier molecular flexibility index (Phi) is 5.67. The summed E-state index contributed by atoms with van der Waals surface area (Å²) in [5.41, 5.74) is 1.28. The lowest BCUT2D eigenvalue weighted by molar-refractivity contribution is 0.642. The summed E-state index contributed by atoms with van der Waals surface area (Å²) in [6, 6.07) is 6.14. The van der Waals surface area contributed by atoms with Crippen molar-refractivity contribution in [2.45, 2.75) is 37.5 Å². The number of hydrogen-bond donors (Lipinski definition) is 1. The first-order valence-corrected chi connectivity index (χ1v) is 6.90. The van der Waals surface area contributed by atoms with Crippen LogP contribution in [0, 0.1) is 5.92 Å². The average Bonchev–Trinajstić information content (AvgIpc) is 2.22. The number of benzene rings is 1. The molecule has 0 aromatic heterocycles. The molecule has 0 radical (unpaired) electrons. The van der Waals surface area contributed by atoms with Crippen LogP contribution < -0.4 is 5.32 Å². The Bertz CT molecular complexity index is 339. The van der Waals surface area contributed by atoms with Gasteiger partial charge in [0.25, 0.3) is 0 Å². The lowest BCUT2D eigenvalue weighted by Crippen LogP contribution is -2.09. The molecule has 0 saturated carbocycles. The number of rotatable bonds is 5. The number of halogens is 1. The van der Waals surface area contributed by atoms with Crippen molar-refractivity contribution in [3.63, 3.8) is 0 Å². The van der Waals surface area contributed by atoms with Gasteiger partial charge in [0, 0.05) is 21.7 Å². The summed E-state index contributed by atoms with van der Waals surface area (Å²) in [7, 11) is 1.96. The van der Waals surface area contributed by atoms with E-state index in [2.05, 4.69) is 32.2 Å². The Hall–Kier alpha value is -0.180. The van der Waals surface area contributed by atoms with Gasteiger partial charge in [0.2, 0.25) is 0 Å². The van der Waals surface area contributed by atoms with Crippen LogP contribution in [0.1, 0.15) is 26.3 Å². The van der Waals surface area contributed by atoms with Gasteiger partial charge in [0.15, 0.2) is 0 Å². The molecule has 90 valence electrons. The standard InChI is InChI=1S/C13H20ClNS/c1-9(2)10(3)16-13-6-5-12(14)7-11(13)8-15-4/h5-7,9-10,15H,8H2,1-4H3. The molecule has 3 heteroatoms. The summed E-state index contributed by atoms with van der Waals surface area (Å²) in [4.78, 5) is 1.33. The summed E-state index contributed by atoms with van der Waals surface area (Å²) >= 11 is 7.94. The molecule has 1 nitrogen and oxygen atoms in total. The van der Waals surface area contributed by atoms with Gasteiger partial charge in [-0.3, -0.25) is 0 Å². The first-order chi connectivity index (χ1) is 7.54. The van der Waals surface area contributed by atoms with E-state index in [1.54, 1.807) is 0 Å². The molecule has 0 fully saturated rings. The van der Waals surface area contributed by atoms with Crippen LogP contribution in [0.15, 0.2) is 23.1 Å². The van der Waals surface area contributed by atoms with Crippen molar-refractivity contribution < 1.29 is 0 Å². The molecule has 0 bridgehead atoms. The molecular formula is C13H20ClNS. The monoisotopic (exact) mass is 257 g/mol. The molecule has 0 heterocycles. The normalized spacial score (nSPS) is 13.1. The van der Waals surface area contributed by atoms with Crippen LogP contribution in [0.2, 0.25) is 5.02 Å². The van der Waals surface area contributed by atoms with E-state index in [0.717, 1.165) is 11.6 Å². The van der Waals surface area contributed by atoms with Gasteiger partial charge in [0.05, 0.1) is 0 Å². The topological polar surface area (TPSA) is 12.0 Å². The van der Waals surface area contributed by atoms with E-state index in [9.17, 15) is 0 Å². The minimum atomic E-state index is 0.622. The maximum atomic E-state index is 6.01. The summed E-state index contributed by atoms with van der Waals surface area (Å²) in [6.45, 7) is 7.65. The van der Waals surface area contributed by atoms with E-state index >= 15 is 0 Å². The number of hydrogen-bond acceptors (Lipinski definition) is 2. The molecule has 0 aliphatic heterocycles. The van der Waals surface area contributed by atoms with Crippen LogP contribution in [0.25, 0.3) is 0 Å². The zero-order chi connectivity index (χ0) is 12.1. The van der Waals surface area contributed by atoms with Gasteiger partial charge >= 0.3 is 0 Å². The van der Waals surface area contributed by atoms with Gasteiger partial charge in [-0.05, 0) is 36.7 Å². The Morgan fingerprint density at radius 1 is 1.31 bits per heavy atom. The predicted octanol–water partition coefficient (Wildman–Crippen LogP) is 4.20. The minimum Gasteiger partial charge on any atom is -0.316 e. The third-order valence-corrected chi connectivity index (χ3v) is 4.44. The molecule has 1 aromatic carbocycles. The van der Waals surface area contributed by atoms with Crippen molar-refractivity contribution in [2.24, 2.45) is 5.92 Å². The second-order valence-electron chi connectivity index (χ2n) is 4.35. The number of thioether (sulfide) groups is 1. The van der Waals surface area contributed by atoms with E-state index in [1.165, 1.54) is 10.5 Å². The molecule has 0 spiro atoms. The first-order valence-electron chi connectivity index (χ1n) is 5.64. The van der Waals surface area contributed by atoms with Gasteiger partial charge in [-0.2, -0.15) is 0 Å². The fraction of sp³-hybridized carbons (Fsp3) is 0.538. The highest BCUT2D eigenvalue weighted by Gasteiger charge is 2.11. The highest BCUT2D eigenvalue weighted by molar-refractivity contribution is 8.00. The predicted molar refractivity (Wildman–Crippen MR) is 74.4 cm³/mol. The zero-order valence-electron chi connectivity index (χ0n) is 10.4. The highest BCUT2D eigenvalue weighted by Crippen LogP contribution is 2.31. The Morgan fingerprint density at radius 3 is 2.56 bits per heavy atom. The van der Waals surface area contributed by atoms with Crippen molar-refractivity contribution in [3.8, 4) is 0 Å². The van der Waals surface area contributed by atoms with Crippen LogP contribution in [0.4, 0.5) is 0 Å². The van der Waals surface area contributed by atoms with Gasteiger partial charge < -0.3 is 5.32 Å². The highest BCUT2D eigenvalue weighted by atomic mass is 35.5. The van der Waals surface area contributed by atoms with Gasteiger partial charge in [0.1, 0.15) is 0 Å². The SMILES string of the molecule is CNCc1cc(Cl)ccc1SC(C)C(C)C. The third-order valence-electron chi connectivity index (χ3n) is 2.64. The fourth-order valence-electron chi connectivity index (χ4n) is 1.33. The quantitative estimate of drug-likeness (QED) is 0.794. The Balaban J connectivity index is 2.85. The molecule has 0 amide bonds. The summed E-state index contributed by atoms with van der Waals surface area (Å²) < 4.78 is 0. The van der Waals surface area contributed by atoms with E-state index in [1.807, 2.05) is 30.9 Å². The van der Waals surface area contributed by atoms with Gasteiger partial charge in [-0.1, -0.05) is 32.4 Å². The van der Waals surface area contributed by atoms with Crippen LogP contribution in [0.5, 0.6) is 0 Å². The Labute approximate surface area is 108 Å². The molecule has 1 unspecified atom stereocenters. The zero-order valence-corrected chi connectivity index (χ0v) is 12.0. The van der Waals surface area contributed by atoms with Crippen molar-refractivity contribution >= 4 is 23.4 Å². The molecule has 0 saturated heterocycles. The number of nitrogens with one attached hydrogen (secondary N) is 1. The fourth-order valence-corrected chi connectivity index (χ4v) is 2.62. The lowest BCUT2D eigenvalue weighted by Gasteiger charge is -2.17.